The maximum atomic E-state index is 11.7. The van der Waals surface area contributed by atoms with Gasteiger partial charge in [0.2, 0.25) is 0 Å². The molecule has 26 heavy (non-hydrogen) atoms. The molecule has 2 N–H and O–H groups in total. The van der Waals surface area contributed by atoms with Gasteiger partial charge < -0.3 is 34.2 Å². The SMILES string of the molecule is CCOCCOC(=O)OCC(NC(=O)OC(C)(C)CO[N+](=O)[O-])C(=O)O. The first-order valence-electron chi connectivity index (χ1n) is 7.44. The number of hydrogen-bond acceptors (Lipinski definition) is 10. The fraction of sp³-hybridized carbons (Fsp3) is 0.769. The zero-order valence-corrected chi connectivity index (χ0v) is 14.6. The Kier molecular flexibility index (Phi) is 10.4. The molecule has 0 aliphatic heterocycles. The Morgan fingerprint density at radius 1 is 1.23 bits per heavy atom. The van der Waals surface area contributed by atoms with Gasteiger partial charge in [-0.15, -0.1) is 10.1 Å². The van der Waals surface area contributed by atoms with Crippen molar-refractivity contribution in [1.29, 1.82) is 0 Å². The monoisotopic (exact) mass is 382 g/mol. The van der Waals surface area contributed by atoms with Crippen molar-refractivity contribution in [2.75, 3.05) is 33.0 Å². The van der Waals surface area contributed by atoms with Crippen molar-refractivity contribution >= 4 is 18.2 Å². The van der Waals surface area contributed by atoms with E-state index in [0.29, 0.717) is 6.61 Å². The van der Waals surface area contributed by atoms with Crippen LogP contribution in [0.15, 0.2) is 0 Å². The van der Waals surface area contributed by atoms with E-state index in [-0.39, 0.29) is 13.2 Å². The van der Waals surface area contributed by atoms with Crippen molar-refractivity contribution in [2.24, 2.45) is 0 Å². The summed E-state index contributed by atoms with van der Waals surface area (Å²) in [7, 11) is 0. The molecule has 0 bridgehead atoms. The number of carbonyl (C=O) groups is 3. The largest absolute Gasteiger partial charge is 0.508 e. The van der Waals surface area contributed by atoms with Gasteiger partial charge in [-0.1, -0.05) is 0 Å². The molecule has 0 saturated heterocycles. The average Bonchev–Trinajstić information content (AvgIpc) is 2.53. The molecule has 1 atom stereocenters. The van der Waals surface area contributed by atoms with Gasteiger partial charge in [0.25, 0.3) is 5.09 Å². The topological polar surface area (TPSA) is 173 Å². The van der Waals surface area contributed by atoms with Gasteiger partial charge in [-0.3, -0.25) is 0 Å². The maximum Gasteiger partial charge on any atom is 0.508 e. The third-order valence-electron chi connectivity index (χ3n) is 2.50. The summed E-state index contributed by atoms with van der Waals surface area (Å²) < 4.78 is 18.9. The predicted molar refractivity (Wildman–Crippen MR) is 81.9 cm³/mol. The molecule has 0 aromatic heterocycles. The number of aliphatic carboxylic acids is 1. The van der Waals surface area contributed by atoms with E-state index < -0.39 is 48.2 Å². The Morgan fingerprint density at radius 2 is 1.88 bits per heavy atom. The van der Waals surface area contributed by atoms with Gasteiger partial charge in [0, 0.05) is 6.61 Å². The van der Waals surface area contributed by atoms with Crippen LogP contribution < -0.4 is 5.32 Å². The lowest BCUT2D eigenvalue weighted by molar-refractivity contribution is -0.760. The summed E-state index contributed by atoms with van der Waals surface area (Å²) in [5, 5.41) is 20.0. The summed E-state index contributed by atoms with van der Waals surface area (Å²) in [6, 6.07) is -1.62. The minimum absolute atomic E-state index is 0.0789. The molecule has 0 aliphatic rings. The van der Waals surface area contributed by atoms with Crippen LogP contribution in [0.3, 0.4) is 0 Å². The van der Waals surface area contributed by atoms with Crippen molar-refractivity contribution in [3.63, 3.8) is 0 Å². The number of carbonyl (C=O) groups excluding carboxylic acids is 2. The van der Waals surface area contributed by atoms with Crippen LogP contribution in [0.1, 0.15) is 20.8 Å². The number of alkyl carbamates (subject to hydrolysis) is 1. The zero-order valence-electron chi connectivity index (χ0n) is 14.6. The predicted octanol–water partition coefficient (Wildman–Crippen LogP) is 0.342. The minimum Gasteiger partial charge on any atom is -0.480 e. The van der Waals surface area contributed by atoms with Gasteiger partial charge in [0.1, 0.15) is 25.4 Å². The van der Waals surface area contributed by atoms with Crippen molar-refractivity contribution in [3.05, 3.63) is 10.1 Å². The van der Waals surface area contributed by atoms with E-state index in [0.717, 1.165) is 0 Å². The molecule has 1 unspecified atom stereocenters. The molecule has 0 aromatic rings. The van der Waals surface area contributed by atoms with Crippen molar-refractivity contribution in [1.82, 2.24) is 5.32 Å². The highest BCUT2D eigenvalue weighted by Gasteiger charge is 2.29. The van der Waals surface area contributed by atoms with E-state index in [4.69, 9.17) is 14.6 Å². The third-order valence-corrected chi connectivity index (χ3v) is 2.50. The van der Waals surface area contributed by atoms with E-state index in [1.54, 1.807) is 6.92 Å². The van der Waals surface area contributed by atoms with Crippen molar-refractivity contribution in [2.45, 2.75) is 32.4 Å². The molecule has 0 saturated carbocycles. The Balaban J connectivity index is 4.36. The van der Waals surface area contributed by atoms with Crippen molar-refractivity contribution < 1.29 is 48.4 Å². The van der Waals surface area contributed by atoms with E-state index in [9.17, 15) is 24.5 Å². The number of amides is 1. The van der Waals surface area contributed by atoms with Crippen LogP contribution >= 0.6 is 0 Å². The van der Waals surface area contributed by atoms with Crippen LogP contribution in [-0.4, -0.2) is 73.1 Å². The quantitative estimate of drug-likeness (QED) is 0.206. The number of carboxylic acids is 1. The highest BCUT2D eigenvalue weighted by molar-refractivity contribution is 5.80. The van der Waals surface area contributed by atoms with Crippen LogP contribution in [0, 0.1) is 10.1 Å². The molecule has 13 nitrogen and oxygen atoms in total. The molecule has 0 radical (unpaired) electrons. The van der Waals surface area contributed by atoms with Crippen LogP contribution in [0.25, 0.3) is 0 Å². The van der Waals surface area contributed by atoms with E-state index in [1.807, 2.05) is 5.32 Å². The normalized spacial score (nSPS) is 11.8. The summed E-state index contributed by atoms with van der Waals surface area (Å²) in [5.41, 5.74) is -1.40. The number of carboxylic acid groups (broad SMARTS) is 1. The first-order valence-corrected chi connectivity index (χ1v) is 7.44. The lowest BCUT2D eigenvalue weighted by Gasteiger charge is -2.24. The molecule has 1 amide bonds. The molecular formula is C13H22N2O11. The molecule has 0 heterocycles. The molecule has 0 rings (SSSR count). The Labute approximate surface area is 148 Å². The highest BCUT2D eigenvalue weighted by Crippen LogP contribution is 2.10. The number of nitrogens with zero attached hydrogens (tertiary/aromatic N) is 1. The summed E-state index contributed by atoms with van der Waals surface area (Å²) in [6.45, 7) is 3.62. The summed E-state index contributed by atoms with van der Waals surface area (Å²) in [6.07, 6.45) is -2.33. The molecule has 150 valence electrons. The van der Waals surface area contributed by atoms with Crippen LogP contribution in [0.2, 0.25) is 0 Å². The van der Waals surface area contributed by atoms with Crippen LogP contribution in [0.5, 0.6) is 0 Å². The van der Waals surface area contributed by atoms with Gasteiger partial charge in [-0.05, 0) is 20.8 Å². The fourth-order valence-electron chi connectivity index (χ4n) is 1.36. The van der Waals surface area contributed by atoms with Gasteiger partial charge in [-0.2, -0.15) is 0 Å². The fourth-order valence-corrected chi connectivity index (χ4v) is 1.36. The van der Waals surface area contributed by atoms with Gasteiger partial charge in [0.15, 0.2) is 6.04 Å². The summed E-state index contributed by atoms with van der Waals surface area (Å²) in [5.74, 6) is -1.50. The third kappa shape index (κ3) is 11.7. The van der Waals surface area contributed by atoms with E-state index >= 15 is 0 Å². The van der Waals surface area contributed by atoms with Crippen molar-refractivity contribution in [3.8, 4) is 0 Å². The number of nitrogens with one attached hydrogen (secondary N) is 1. The second-order valence-electron chi connectivity index (χ2n) is 5.29. The zero-order chi connectivity index (χ0) is 20.2. The van der Waals surface area contributed by atoms with Gasteiger partial charge in [-0.25, -0.2) is 14.4 Å². The Bertz CT molecular complexity index is 494. The van der Waals surface area contributed by atoms with E-state index in [1.165, 1.54) is 13.8 Å². The summed E-state index contributed by atoms with van der Waals surface area (Å²) in [4.78, 5) is 48.3. The van der Waals surface area contributed by atoms with Crippen LogP contribution in [0.4, 0.5) is 9.59 Å². The number of hydrogen-bond donors (Lipinski definition) is 2. The minimum atomic E-state index is -1.62. The molecule has 0 aliphatic carbocycles. The molecule has 0 aromatic carbocycles. The van der Waals surface area contributed by atoms with Gasteiger partial charge >= 0.3 is 18.2 Å². The first-order chi connectivity index (χ1) is 12.1. The standard InChI is InChI=1S/C13H22N2O11/c1-4-22-5-6-23-12(19)24-7-9(10(16)17)14-11(18)26-13(2,3)8-25-15(20)21/h9H,4-8H2,1-3H3,(H,14,18)(H,16,17). The number of ether oxygens (including phenoxy) is 4. The van der Waals surface area contributed by atoms with Crippen LogP contribution in [-0.2, 0) is 28.6 Å². The summed E-state index contributed by atoms with van der Waals surface area (Å²) >= 11 is 0. The van der Waals surface area contributed by atoms with Gasteiger partial charge in [0.05, 0.1) is 6.61 Å². The number of rotatable bonds is 12. The lowest BCUT2D eigenvalue weighted by atomic mass is 10.1. The molecular weight excluding hydrogens is 360 g/mol. The smallest absolute Gasteiger partial charge is 0.480 e. The van der Waals surface area contributed by atoms with E-state index in [2.05, 4.69) is 14.3 Å². The first kappa shape index (κ1) is 23.2. The molecule has 0 spiro atoms. The molecule has 0 fully saturated rings. The average molecular weight is 382 g/mol. The highest BCUT2D eigenvalue weighted by atomic mass is 17.0. The lowest BCUT2D eigenvalue weighted by Crippen LogP contribution is -2.47. The Hall–Kier alpha value is -2.83. The maximum absolute atomic E-state index is 11.7. The molecule has 13 heteroatoms. The Morgan fingerprint density at radius 3 is 2.42 bits per heavy atom. The second-order valence-corrected chi connectivity index (χ2v) is 5.29. The second kappa shape index (κ2) is 11.7.